The first-order chi connectivity index (χ1) is 18.1. The van der Waals surface area contributed by atoms with Crippen molar-refractivity contribution in [3.05, 3.63) is 66.5 Å². The lowest BCUT2D eigenvalue weighted by Crippen LogP contribution is -2.50. The van der Waals surface area contributed by atoms with Crippen molar-refractivity contribution in [2.75, 3.05) is 41.6 Å². The molecular weight excluding hydrogens is 498 g/mol. The van der Waals surface area contributed by atoms with Gasteiger partial charge in [-0.25, -0.2) is 13.4 Å². The third-order valence-electron chi connectivity index (χ3n) is 7.40. The number of hydrogen-bond acceptors (Lipinski definition) is 7. The largest absolute Gasteiger partial charge is 0.365 e. The molecule has 1 fully saturated rings. The highest BCUT2D eigenvalue weighted by atomic mass is 32.2. The molecule has 9 nitrogen and oxygen atoms in total. The van der Waals surface area contributed by atoms with Crippen molar-refractivity contribution >= 4 is 44.1 Å². The number of likely N-dealkylation sites (N-methyl/N-ethyl adjacent to an activating group) is 1. The first-order valence-corrected chi connectivity index (χ1v) is 14.4. The fourth-order valence-corrected chi connectivity index (χ4v) is 5.95. The topological polar surface area (TPSA) is 95.4 Å². The minimum atomic E-state index is -3.53. The summed E-state index contributed by atoms with van der Waals surface area (Å²) in [7, 11) is -1.34. The minimum Gasteiger partial charge on any atom is -0.365 e. The van der Waals surface area contributed by atoms with E-state index >= 15 is 0 Å². The summed E-state index contributed by atoms with van der Waals surface area (Å²) < 4.78 is 29.0. The number of piperazine rings is 1. The molecular formula is C28H33N7O2S. The first kappa shape index (κ1) is 24.7. The Labute approximate surface area is 223 Å². The molecule has 10 heteroatoms. The Hall–Kier alpha value is -3.63. The molecule has 198 valence electrons. The highest BCUT2D eigenvalue weighted by Gasteiger charge is 2.33. The van der Waals surface area contributed by atoms with Gasteiger partial charge in [0.25, 0.3) is 0 Å². The summed E-state index contributed by atoms with van der Waals surface area (Å²) in [5, 5.41) is 4.28. The number of benzene rings is 2. The van der Waals surface area contributed by atoms with Crippen LogP contribution in [-0.4, -0.2) is 65.3 Å². The van der Waals surface area contributed by atoms with E-state index in [-0.39, 0.29) is 0 Å². The average molecular weight is 532 g/mol. The van der Waals surface area contributed by atoms with Crippen molar-refractivity contribution in [1.29, 1.82) is 0 Å². The minimum absolute atomic E-state index is 0.507. The maximum absolute atomic E-state index is 12.7. The van der Waals surface area contributed by atoms with Crippen LogP contribution in [0, 0.1) is 0 Å². The Bertz CT molecular complexity index is 1620. The molecule has 2 aromatic carbocycles. The quantitative estimate of drug-likeness (QED) is 0.395. The molecule has 0 amide bonds. The lowest BCUT2D eigenvalue weighted by atomic mass is 10.1. The molecule has 2 aliphatic rings. The maximum atomic E-state index is 12.7. The third-order valence-corrected chi connectivity index (χ3v) is 9.51. The van der Waals surface area contributed by atoms with Crippen molar-refractivity contribution in [3.8, 4) is 5.69 Å². The van der Waals surface area contributed by atoms with E-state index in [9.17, 15) is 8.42 Å². The fraction of sp³-hybridized carbons (Fsp3) is 0.357. The highest BCUT2D eigenvalue weighted by molar-refractivity contribution is 7.94. The van der Waals surface area contributed by atoms with Gasteiger partial charge in [-0.05, 0) is 82.3 Å². The van der Waals surface area contributed by atoms with Gasteiger partial charge in [0.2, 0.25) is 16.0 Å². The van der Waals surface area contributed by atoms with Crippen LogP contribution in [0.5, 0.6) is 0 Å². The first-order valence-electron chi connectivity index (χ1n) is 12.9. The van der Waals surface area contributed by atoms with Gasteiger partial charge in [-0.2, -0.15) is 4.98 Å². The molecule has 38 heavy (non-hydrogen) atoms. The van der Waals surface area contributed by atoms with E-state index in [1.807, 2.05) is 35.0 Å². The number of hydrogen-bond donors (Lipinski definition) is 2. The van der Waals surface area contributed by atoms with Crippen molar-refractivity contribution in [2.45, 2.75) is 38.0 Å². The van der Waals surface area contributed by atoms with E-state index in [4.69, 9.17) is 4.98 Å². The molecule has 2 aromatic heterocycles. The Morgan fingerprint density at radius 3 is 2.68 bits per heavy atom. The van der Waals surface area contributed by atoms with Crippen molar-refractivity contribution in [1.82, 2.24) is 19.4 Å². The summed E-state index contributed by atoms with van der Waals surface area (Å²) in [5.74, 6) is 0.512. The van der Waals surface area contributed by atoms with E-state index in [1.54, 1.807) is 33.0 Å². The summed E-state index contributed by atoms with van der Waals surface area (Å²) in [6, 6.07) is 16.3. The number of sulfonamides is 1. The Balaban J connectivity index is 1.26. The Morgan fingerprint density at radius 1 is 1.03 bits per heavy atom. The summed E-state index contributed by atoms with van der Waals surface area (Å²) >= 11 is 0. The molecule has 1 unspecified atom stereocenters. The van der Waals surface area contributed by atoms with Gasteiger partial charge >= 0.3 is 0 Å². The van der Waals surface area contributed by atoms with Crippen LogP contribution in [0.25, 0.3) is 16.7 Å². The van der Waals surface area contributed by atoms with Gasteiger partial charge in [0.15, 0.2) is 0 Å². The fourth-order valence-electron chi connectivity index (χ4n) is 5.21. The molecule has 0 saturated carbocycles. The van der Waals surface area contributed by atoms with Gasteiger partial charge in [0.1, 0.15) is 5.65 Å². The van der Waals surface area contributed by atoms with E-state index < -0.39 is 14.8 Å². The predicted molar refractivity (Wildman–Crippen MR) is 153 cm³/mol. The molecule has 0 spiro atoms. The normalized spacial score (nSPS) is 17.9. The second kappa shape index (κ2) is 8.99. The van der Waals surface area contributed by atoms with E-state index in [0.717, 1.165) is 48.5 Å². The molecule has 0 radical (unpaired) electrons. The van der Waals surface area contributed by atoms with Crippen LogP contribution in [0.2, 0.25) is 0 Å². The van der Waals surface area contributed by atoms with E-state index in [2.05, 4.69) is 50.1 Å². The van der Waals surface area contributed by atoms with Crippen molar-refractivity contribution in [3.63, 3.8) is 0 Å². The standard InChI is InChI=1S/C28H33N7O2S/c1-28(2,3)38(36,37)32-22-6-5-7-23(16-22)35-11-10-19-17-29-27(31-26(19)35)30-21-8-9-25-20(14-21)15-24-18-33(4)12-13-34(24)25/h5-11,14,16-17,24,32H,12-13,15,18H2,1-4H3,(H,29,30,31). The number of aromatic nitrogens is 3. The van der Waals surface area contributed by atoms with Crippen LogP contribution >= 0.6 is 0 Å². The average Bonchev–Trinajstić information content (AvgIpc) is 3.43. The molecule has 4 heterocycles. The monoisotopic (exact) mass is 531 g/mol. The number of nitrogens with zero attached hydrogens (tertiary/aromatic N) is 5. The zero-order valence-electron chi connectivity index (χ0n) is 22.1. The summed E-state index contributed by atoms with van der Waals surface area (Å²) in [6.07, 6.45) is 4.77. The molecule has 1 atom stereocenters. The highest BCUT2D eigenvalue weighted by Crippen LogP contribution is 2.36. The second-order valence-electron chi connectivity index (χ2n) is 11.2. The predicted octanol–water partition coefficient (Wildman–Crippen LogP) is 4.38. The summed E-state index contributed by atoms with van der Waals surface area (Å²) in [5.41, 5.74) is 5.70. The van der Waals surface area contributed by atoms with E-state index in [0.29, 0.717) is 17.7 Å². The van der Waals surface area contributed by atoms with Crippen molar-refractivity contribution in [2.24, 2.45) is 0 Å². The molecule has 0 bridgehead atoms. The Kier molecular flexibility index (Phi) is 5.84. The molecule has 4 aromatic rings. The maximum Gasteiger partial charge on any atom is 0.237 e. The van der Waals surface area contributed by atoms with Crippen LogP contribution in [0.15, 0.2) is 60.9 Å². The third kappa shape index (κ3) is 4.48. The number of anilines is 4. The van der Waals surface area contributed by atoms with Gasteiger partial charge in [-0.3, -0.25) is 4.72 Å². The molecule has 2 aliphatic heterocycles. The van der Waals surface area contributed by atoms with Gasteiger partial charge in [-0.1, -0.05) is 6.07 Å². The molecule has 0 aliphatic carbocycles. The zero-order valence-corrected chi connectivity index (χ0v) is 23.0. The van der Waals surface area contributed by atoms with Crippen LogP contribution in [-0.2, 0) is 16.4 Å². The van der Waals surface area contributed by atoms with Crippen LogP contribution in [0.1, 0.15) is 26.3 Å². The van der Waals surface area contributed by atoms with Crippen molar-refractivity contribution < 1.29 is 8.42 Å². The van der Waals surface area contributed by atoms with Gasteiger partial charge in [-0.15, -0.1) is 0 Å². The van der Waals surface area contributed by atoms with Gasteiger partial charge in [0, 0.05) is 60.5 Å². The lowest BCUT2D eigenvalue weighted by molar-refractivity contribution is 0.273. The smallest absolute Gasteiger partial charge is 0.237 e. The van der Waals surface area contributed by atoms with Gasteiger partial charge in [0.05, 0.1) is 10.4 Å². The van der Waals surface area contributed by atoms with Gasteiger partial charge < -0.3 is 19.7 Å². The van der Waals surface area contributed by atoms with Crippen LogP contribution in [0.3, 0.4) is 0 Å². The zero-order chi connectivity index (χ0) is 26.7. The lowest BCUT2D eigenvalue weighted by Gasteiger charge is -2.37. The molecule has 2 N–H and O–H groups in total. The number of nitrogens with one attached hydrogen (secondary N) is 2. The number of fused-ring (bicyclic) bond motifs is 4. The number of rotatable bonds is 5. The SMILES string of the molecule is CN1CCN2c3ccc(Nc4ncc5ccn(-c6cccc(NS(=O)(=O)C(C)(C)C)c6)c5n4)cc3CC2C1. The van der Waals surface area contributed by atoms with E-state index in [1.165, 1.54) is 11.3 Å². The Morgan fingerprint density at radius 2 is 1.87 bits per heavy atom. The van der Waals surface area contributed by atoms with Crippen LogP contribution in [0.4, 0.5) is 23.0 Å². The summed E-state index contributed by atoms with van der Waals surface area (Å²) in [6.45, 7) is 8.27. The second-order valence-corrected chi connectivity index (χ2v) is 13.6. The molecule has 6 rings (SSSR count). The summed E-state index contributed by atoms with van der Waals surface area (Å²) in [4.78, 5) is 14.3. The molecule has 1 saturated heterocycles. The van der Waals surface area contributed by atoms with Crippen LogP contribution < -0.4 is 14.9 Å².